The number of sulfonamides is 1. The average molecular weight is 539 g/mol. The first kappa shape index (κ1) is 26.9. The van der Waals surface area contributed by atoms with Crippen LogP contribution in [0.25, 0.3) is 0 Å². The number of nitrogens with zero attached hydrogens (tertiary/aromatic N) is 2. The maximum Gasteiger partial charge on any atom is 0.244 e. The Morgan fingerprint density at radius 3 is 2.24 bits per heavy atom. The van der Waals surface area contributed by atoms with E-state index in [4.69, 9.17) is 0 Å². The molecule has 7 nitrogen and oxygen atoms in total. The van der Waals surface area contributed by atoms with Gasteiger partial charge in [-0.1, -0.05) is 65.7 Å². The highest BCUT2D eigenvalue weighted by molar-refractivity contribution is 9.10. The predicted octanol–water partition coefficient (Wildman–Crippen LogP) is 3.71. The van der Waals surface area contributed by atoms with Crippen molar-refractivity contribution in [1.29, 1.82) is 0 Å². The smallest absolute Gasteiger partial charge is 0.244 e. The molecule has 0 aromatic heterocycles. The number of anilines is 1. The van der Waals surface area contributed by atoms with E-state index in [2.05, 4.69) is 21.2 Å². The van der Waals surface area contributed by atoms with Crippen LogP contribution in [0.3, 0.4) is 0 Å². The van der Waals surface area contributed by atoms with Gasteiger partial charge in [-0.15, -0.1) is 0 Å². The van der Waals surface area contributed by atoms with Crippen LogP contribution in [0.1, 0.15) is 31.9 Å². The van der Waals surface area contributed by atoms with E-state index < -0.39 is 28.5 Å². The summed E-state index contributed by atoms with van der Waals surface area (Å²) in [4.78, 5) is 27.7. The molecule has 2 amide bonds. The Hall–Kier alpha value is -2.39. The van der Waals surface area contributed by atoms with Crippen LogP contribution in [0.15, 0.2) is 53.0 Å². The number of rotatable bonds is 10. The predicted molar refractivity (Wildman–Crippen MR) is 135 cm³/mol. The topological polar surface area (TPSA) is 86.8 Å². The molecule has 33 heavy (non-hydrogen) atoms. The lowest BCUT2D eigenvalue weighted by molar-refractivity contribution is -0.139. The SMILES string of the molecule is Cc1ccc(CN(C(=O)CN(c2cccc(Br)c2)S(C)(=O)=O)[C@H](C)C(=O)NCC(C)C)cc1. The summed E-state index contributed by atoms with van der Waals surface area (Å²) in [6.45, 7) is 7.87. The molecule has 0 heterocycles. The summed E-state index contributed by atoms with van der Waals surface area (Å²) < 4.78 is 26.8. The number of carbonyl (C=O) groups excluding carboxylic acids is 2. The Balaban J connectivity index is 2.35. The average Bonchev–Trinajstić information content (AvgIpc) is 2.73. The third kappa shape index (κ3) is 8.16. The van der Waals surface area contributed by atoms with Crippen molar-refractivity contribution < 1.29 is 18.0 Å². The molecule has 0 aliphatic heterocycles. The Bertz CT molecular complexity index is 1070. The summed E-state index contributed by atoms with van der Waals surface area (Å²) in [5, 5.41) is 2.86. The second-order valence-electron chi connectivity index (χ2n) is 8.57. The Kier molecular flexibility index (Phi) is 9.48. The molecule has 0 unspecified atom stereocenters. The summed E-state index contributed by atoms with van der Waals surface area (Å²) in [6, 6.07) is 13.6. The lowest BCUT2D eigenvalue weighted by Crippen LogP contribution is -2.51. The van der Waals surface area contributed by atoms with Gasteiger partial charge in [0.15, 0.2) is 0 Å². The second kappa shape index (κ2) is 11.7. The molecule has 0 aliphatic rings. The zero-order chi connectivity index (χ0) is 24.8. The maximum absolute atomic E-state index is 13.4. The molecule has 0 fully saturated rings. The maximum atomic E-state index is 13.4. The van der Waals surface area contributed by atoms with Gasteiger partial charge in [-0.3, -0.25) is 13.9 Å². The van der Waals surface area contributed by atoms with Gasteiger partial charge in [-0.2, -0.15) is 0 Å². The molecule has 1 atom stereocenters. The van der Waals surface area contributed by atoms with Gasteiger partial charge in [-0.05, 0) is 43.5 Å². The van der Waals surface area contributed by atoms with Crippen LogP contribution in [0.5, 0.6) is 0 Å². The normalized spacial score (nSPS) is 12.3. The van der Waals surface area contributed by atoms with Crippen molar-refractivity contribution in [2.24, 2.45) is 5.92 Å². The van der Waals surface area contributed by atoms with E-state index in [9.17, 15) is 18.0 Å². The number of amides is 2. The number of carbonyl (C=O) groups is 2. The number of aryl methyl sites for hydroxylation is 1. The minimum Gasteiger partial charge on any atom is -0.354 e. The highest BCUT2D eigenvalue weighted by Gasteiger charge is 2.30. The van der Waals surface area contributed by atoms with Crippen molar-refractivity contribution in [3.05, 3.63) is 64.1 Å². The fourth-order valence-electron chi connectivity index (χ4n) is 3.17. The zero-order valence-corrected chi connectivity index (χ0v) is 22.1. The van der Waals surface area contributed by atoms with E-state index >= 15 is 0 Å². The molecular formula is C24H32BrN3O4S. The fourth-order valence-corrected chi connectivity index (χ4v) is 4.40. The van der Waals surface area contributed by atoms with E-state index in [0.717, 1.165) is 21.7 Å². The van der Waals surface area contributed by atoms with Crippen LogP contribution in [-0.2, 0) is 26.2 Å². The molecule has 2 rings (SSSR count). The quantitative estimate of drug-likeness (QED) is 0.500. The van der Waals surface area contributed by atoms with Gasteiger partial charge < -0.3 is 10.2 Å². The van der Waals surface area contributed by atoms with E-state index in [0.29, 0.717) is 16.7 Å². The first-order valence-electron chi connectivity index (χ1n) is 10.7. The zero-order valence-electron chi connectivity index (χ0n) is 19.7. The van der Waals surface area contributed by atoms with Crippen molar-refractivity contribution in [3.63, 3.8) is 0 Å². The van der Waals surface area contributed by atoms with E-state index in [1.54, 1.807) is 31.2 Å². The van der Waals surface area contributed by atoms with E-state index in [1.807, 2.05) is 45.0 Å². The number of hydrogen-bond donors (Lipinski definition) is 1. The second-order valence-corrected chi connectivity index (χ2v) is 11.4. The highest BCUT2D eigenvalue weighted by atomic mass is 79.9. The molecule has 0 radical (unpaired) electrons. The van der Waals surface area contributed by atoms with Crippen molar-refractivity contribution in [2.75, 3.05) is 23.7 Å². The van der Waals surface area contributed by atoms with Crippen LogP contribution in [0.2, 0.25) is 0 Å². The van der Waals surface area contributed by atoms with Crippen LogP contribution in [-0.4, -0.2) is 50.5 Å². The van der Waals surface area contributed by atoms with Crippen molar-refractivity contribution in [3.8, 4) is 0 Å². The molecule has 0 aliphatic carbocycles. The van der Waals surface area contributed by atoms with Gasteiger partial charge in [0.05, 0.1) is 11.9 Å². The Morgan fingerprint density at radius 2 is 1.70 bits per heavy atom. The molecule has 0 saturated heterocycles. The van der Waals surface area contributed by atoms with Crippen molar-refractivity contribution in [1.82, 2.24) is 10.2 Å². The third-order valence-electron chi connectivity index (χ3n) is 5.10. The largest absolute Gasteiger partial charge is 0.354 e. The highest BCUT2D eigenvalue weighted by Crippen LogP contribution is 2.23. The van der Waals surface area contributed by atoms with E-state index in [1.165, 1.54) is 4.90 Å². The molecule has 180 valence electrons. The lowest BCUT2D eigenvalue weighted by atomic mass is 10.1. The summed E-state index contributed by atoms with van der Waals surface area (Å²) >= 11 is 3.34. The van der Waals surface area contributed by atoms with Crippen LogP contribution in [0.4, 0.5) is 5.69 Å². The Labute approximate surface area is 205 Å². The molecule has 0 saturated carbocycles. The number of halogens is 1. The van der Waals surface area contributed by atoms with Gasteiger partial charge in [0.2, 0.25) is 21.8 Å². The monoisotopic (exact) mass is 537 g/mol. The van der Waals surface area contributed by atoms with Crippen LogP contribution in [0, 0.1) is 12.8 Å². The van der Waals surface area contributed by atoms with Crippen molar-refractivity contribution >= 4 is 43.5 Å². The van der Waals surface area contributed by atoms with Gasteiger partial charge >= 0.3 is 0 Å². The molecule has 1 N–H and O–H groups in total. The minimum absolute atomic E-state index is 0.186. The first-order chi connectivity index (χ1) is 15.4. The van der Waals surface area contributed by atoms with Crippen molar-refractivity contribution in [2.45, 2.75) is 40.3 Å². The standard InChI is InChI=1S/C24H32BrN3O4S/c1-17(2)14-26-24(30)19(4)27(15-20-11-9-18(3)10-12-20)23(29)16-28(33(5,31)32)22-8-6-7-21(25)13-22/h6-13,17,19H,14-16H2,1-5H3,(H,26,30)/t19-/m1/s1. The number of hydrogen-bond acceptors (Lipinski definition) is 4. The third-order valence-corrected chi connectivity index (χ3v) is 6.73. The molecule has 0 bridgehead atoms. The molecule has 2 aromatic carbocycles. The summed E-state index contributed by atoms with van der Waals surface area (Å²) in [6.07, 6.45) is 1.06. The number of benzene rings is 2. The Morgan fingerprint density at radius 1 is 1.06 bits per heavy atom. The molecular weight excluding hydrogens is 506 g/mol. The fraction of sp³-hybridized carbons (Fsp3) is 0.417. The summed E-state index contributed by atoms with van der Waals surface area (Å²) in [5.41, 5.74) is 2.30. The summed E-state index contributed by atoms with van der Waals surface area (Å²) in [7, 11) is -3.74. The molecule has 0 spiro atoms. The minimum atomic E-state index is -3.74. The van der Waals surface area contributed by atoms with E-state index in [-0.39, 0.29) is 18.4 Å². The lowest BCUT2D eigenvalue weighted by Gasteiger charge is -2.31. The van der Waals surface area contributed by atoms with Gasteiger partial charge in [-0.25, -0.2) is 8.42 Å². The van der Waals surface area contributed by atoms with Crippen LogP contribution >= 0.6 is 15.9 Å². The summed E-state index contributed by atoms with van der Waals surface area (Å²) in [5.74, 6) is -0.481. The van der Waals surface area contributed by atoms with Gasteiger partial charge in [0, 0.05) is 17.6 Å². The number of nitrogens with one attached hydrogen (secondary N) is 1. The van der Waals surface area contributed by atoms with Crippen LogP contribution < -0.4 is 9.62 Å². The first-order valence-corrected chi connectivity index (χ1v) is 13.4. The molecule has 9 heteroatoms. The van der Waals surface area contributed by atoms with Gasteiger partial charge in [0.1, 0.15) is 12.6 Å². The van der Waals surface area contributed by atoms with Gasteiger partial charge in [0.25, 0.3) is 0 Å². The molecule has 2 aromatic rings.